The molecule has 0 nitrogen and oxygen atoms in total. The maximum Gasteiger partial charge on any atom is -0.0161 e. The van der Waals surface area contributed by atoms with Crippen LogP contribution in [0.1, 0.15) is 66.2 Å². The fourth-order valence-electron chi connectivity index (χ4n) is 4.36. The van der Waals surface area contributed by atoms with Crippen LogP contribution in [0.3, 0.4) is 0 Å². The van der Waals surface area contributed by atoms with Crippen LogP contribution in [0.25, 0.3) is 0 Å². The second-order valence-corrected chi connectivity index (χ2v) is 6.06. The van der Waals surface area contributed by atoms with Gasteiger partial charge >= 0.3 is 0 Å². The lowest BCUT2D eigenvalue weighted by Crippen LogP contribution is -2.35. The van der Waals surface area contributed by atoms with Gasteiger partial charge in [-0.25, -0.2) is 0 Å². The summed E-state index contributed by atoms with van der Waals surface area (Å²) in [5.41, 5.74) is 0.608. The molecule has 0 radical (unpaired) electrons. The van der Waals surface area contributed by atoms with Gasteiger partial charge < -0.3 is 0 Å². The van der Waals surface area contributed by atoms with Crippen molar-refractivity contribution in [2.45, 2.75) is 66.2 Å². The van der Waals surface area contributed by atoms with E-state index in [0.29, 0.717) is 5.41 Å². The zero-order valence-electron chi connectivity index (χ0n) is 12.7. The Hall–Kier alpha value is -0.700. The highest BCUT2D eigenvalue weighted by atomic mass is 14.5. The normalized spacial score (nSPS) is 38.7. The molecule has 0 aromatic rings. The highest BCUT2D eigenvalue weighted by molar-refractivity contribution is 5.10. The first-order chi connectivity index (χ1) is 8.68. The summed E-state index contributed by atoms with van der Waals surface area (Å²) in [5.74, 6) is 5.41. The lowest BCUT2D eigenvalue weighted by molar-refractivity contribution is 0.0601. The first-order valence-electron chi connectivity index (χ1n) is 7.79. The van der Waals surface area contributed by atoms with Gasteiger partial charge in [-0.1, -0.05) is 52.5 Å². The van der Waals surface area contributed by atoms with E-state index in [2.05, 4.69) is 25.8 Å². The smallest absolute Gasteiger partial charge is 0.0161 e. The predicted octanol–water partition coefficient (Wildman–Crippen LogP) is 5.44. The Morgan fingerprint density at radius 3 is 2.67 bits per heavy atom. The summed E-state index contributed by atoms with van der Waals surface area (Å²) in [6.45, 7) is 9.00. The summed E-state index contributed by atoms with van der Waals surface area (Å²) in [6, 6.07) is 0. The highest BCUT2D eigenvalue weighted by Gasteiger charge is 2.49. The summed E-state index contributed by atoms with van der Waals surface area (Å²) >= 11 is 0. The van der Waals surface area contributed by atoms with Crippen LogP contribution < -0.4 is 0 Å². The Morgan fingerprint density at radius 2 is 2.00 bits per heavy atom. The zero-order valence-corrected chi connectivity index (χ0v) is 12.7. The SMILES string of the molecule is C#C/C=C/C[C@H]1CCC2C(C)CCC[C@@]21C.CC. The monoisotopic (exact) mass is 246 g/mol. The molecular formula is C18H30. The van der Waals surface area contributed by atoms with Crippen molar-refractivity contribution in [1.82, 2.24) is 0 Å². The van der Waals surface area contributed by atoms with Gasteiger partial charge in [0.2, 0.25) is 0 Å². The summed E-state index contributed by atoms with van der Waals surface area (Å²) in [6.07, 6.45) is 17.7. The van der Waals surface area contributed by atoms with Crippen LogP contribution in [-0.2, 0) is 0 Å². The van der Waals surface area contributed by atoms with Crippen molar-refractivity contribution in [3.63, 3.8) is 0 Å². The standard InChI is InChI=1S/C16H24.C2H6/c1-4-5-6-9-14-10-11-15-13(2)8-7-12-16(14,15)3;1-2/h1,5-6,13-15H,7-12H2,2-3H3;1-2H3/b6-5+;/t13?,14-,15?,16+;/m0./s1. The molecule has 2 rings (SSSR count). The minimum Gasteiger partial charge on any atom is -0.115 e. The van der Waals surface area contributed by atoms with E-state index in [-0.39, 0.29) is 0 Å². The number of hydrogen-bond donors (Lipinski definition) is 0. The van der Waals surface area contributed by atoms with Crippen LogP contribution in [0.5, 0.6) is 0 Å². The third-order valence-corrected chi connectivity index (χ3v) is 5.30. The van der Waals surface area contributed by atoms with Gasteiger partial charge in [-0.2, -0.15) is 0 Å². The first kappa shape index (κ1) is 15.4. The van der Waals surface area contributed by atoms with Gasteiger partial charge in [0.15, 0.2) is 0 Å². The Kier molecular flexibility index (Phi) is 6.00. The van der Waals surface area contributed by atoms with Crippen molar-refractivity contribution >= 4 is 0 Å². The van der Waals surface area contributed by atoms with Gasteiger partial charge in [0.05, 0.1) is 0 Å². The molecule has 2 aliphatic rings. The van der Waals surface area contributed by atoms with Gasteiger partial charge in [0, 0.05) is 0 Å². The van der Waals surface area contributed by atoms with Crippen molar-refractivity contribution in [2.75, 3.05) is 0 Å². The molecule has 0 saturated heterocycles. The van der Waals surface area contributed by atoms with Gasteiger partial charge in [-0.3, -0.25) is 0 Å². The van der Waals surface area contributed by atoms with E-state index in [1.54, 1.807) is 0 Å². The largest absolute Gasteiger partial charge is 0.115 e. The summed E-state index contributed by atoms with van der Waals surface area (Å²) in [7, 11) is 0. The van der Waals surface area contributed by atoms with Gasteiger partial charge in [-0.05, 0) is 54.9 Å². The molecular weight excluding hydrogens is 216 g/mol. The first-order valence-corrected chi connectivity index (χ1v) is 7.79. The second kappa shape index (κ2) is 7.03. The topological polar surface area (TPSA) is 0 Å². The minimum atomic E-state index is 0.608. The summed E-state index contributed by atoms with van der Waals surface area (Å²) in [4.78, 5) is 0. The maximum absolute atomic E-state index is 5.26. The average molecular weight is 246 g/mol. The molecule has 0 aliphatic heterocycles. The van der Waals surface area contributed by atoms with Crippen LogP contribution in [-0.4, -0.2) is 0 Å². The molecule has 2 fully saturated rings. The summed E-state index contributed by atoms with van der Waals surface area (Å²) < 4.78 is 0. The second-order valence-electron chi connectivity index (χ2n) is 6.06. The van der Waals surface area contributed by atoms with E-state index < -0.39 is 0 Å². The lowest BCUT2D eigenvalue weighted by atomic mass is 9.61. The Balaban J connectivity index is 0.000000771. The number of terminal acetylenes is 1. The van der Waals surface area contributed by atoms with Crippen LogP contribution >= 0.6 is 0 Å². The molecule has 0 amide bonds. The Morgan fingerprint density at radius 1 is 1.28 bits per heavy atom. The van der Waals surface area contributed by atoms with Crippen molar-refractivity contribution in [3.8, 4) is 12.3 Å². The molecule has 2 aliphatic carbocycles. The third kappa shape index (κ3) is 3.00. The molecule has 0 bridgehead atoms. The van der Waals surface area contributed by atoms with Gasteiger partial charge in [0.1, 0.15) is 0 Å². The van der Waals surface area contributed by atoms with Crippen LogP contribution in [0.4, 0.5) is 0 Å². The molecule has 2 unspecified atom stereocenters. The quantitative estimate of drug-likeness (QED) is 0.569. The molecule has 0 spiro atoms. The molecule has 2 saturated carbocycles. The molecule has 0 aromatic heterocycles. The van der Waals surface area contributed by atoms with Crippen molar-refractivity contribution in [1.29, 1.82) is 0 Å². The van der Waals surface area contributed by atoms with Gasteiger partial charge in [-0.15, -0.1) is 6.42 Å². The number of hydrogen-bond acceptors (Lipinski definition) is 0. The molecule has 18 heavy (non-hydrogen) atoms. The van der Waals surface area contributed by atoms with Gasteiger partial charge in [0.25, 0.3) is 0 Å². The van der Waals surface area contributed by atoms with Crippen molar-refractivity contribution in [3.05, 3.63) is 12.2 Å². The van der Waals surface area contributed by atoms with E-state index in [1.807, 2.05) is 19.9 Å². The van der Waals surface area contributed by atoms with Crippen molar-refractivity contribution < 1.29 is 0 Å². The molecule has 0 aromatic carbocycles. The molecule has 4 atom stereocenters. The Bertz CT molecular complexity index is 306. The van der Waals surface area contributed by atoms with Crippen molar-refractivity contribution in [2.24, 2.45) is 23.2 Å². The van der Waals surface area contributed by atoms with E-state index in [4.69, 9.17) is 6.42 Å². The number of fused-ring (bicyclic) bond motifs is 1. The summed E-state index contributed by atoms with van der Waals surface area (Å²) in [5, 5.41) is 0. The minimum absolute atomic E-state index is 0.608. The fourth-order valence-corrected chi connectivity index (χ4v) is 4.36. The maximum atomic E-state index is 5.26. The average Bonchev–Trinajstić information content (AvgIpc) is 2.71. The zero-order chi connectivity index (χ0) is 13.6. The number of rotatable bonds is 2. The highest BCUT2D eigenvalue weighted by Crippen LogP contribution is 2.58. The fraction of sp³-hybridized carbons (Fsp3) is 0.778. The van der Waals surface area contributed by atoms with Crippen LogP contribution in [0.15, 0.2) is 12.2 Å². The van der Waals surface area contributed by atoms with Crippen LogP contribution in [0, 0.1) is 35.5 Å². The molecule has 0 N–H and O–H groups in total. The lowest BCUT2D eigenvalue weighted by Gasteiger charge is -2.44. The predicted molar refractivity (Wildman–Crippen MR) is 81.3 cm³/mol. The van der Waals surface area contributed by atoms with E-state index >= 15 is 0 Å². The third-order valence-electron chi connectivity index (χ3n) is 5.30. The molecule has 102 valence electrons. The molecule has 0 heterocycles. The van der Waals surface area contributed by atoms with Crippen LogP contribution in [0.2, 0.25) is 0 Å². The van der Waals surface area contributed by atoms with E-state index in [1.165, 1.54) is 38.5 Å². The number of allylic oxidation sites excluding steroid dienone is 2. The van der Waals surface area contributed by atoms with E-state index in [0.717, 1.165) is 17.8 Å². The van der Waals surface area contributed by atoms with E-state index in [9.17, 15) is 0 Å². The molecule has 0 heteroatoms. The Labute approximate surface area is 114 Å².